The molecule has 1 amide bonds. The molecule has 1 aliphatic carbocycles. The minimum absolute atomic E-state index is 0.0683. The number of ether oxygens (including phenoxy) is 2. The van der Waals surface area contributed by atoms with Crippen LogP contribution in [0.25, 0.3) is 17.0 Å². The number of hydrogen-bond acceptors (Lipinski definition) is 7. The van der Waals surface area contributed by atoms with E-state index in [0.29, 0.717) is 30.2 Å². The molecule has 1 saturated carbocycles. The average Bonchev–Trinajstić information content (AvgIpc) is 3.61. The van der Waals surface area contributed by atoms with E-state index >= 15 is 0 Å². The first-order valence-corrected chi connectivity index (χ1v) is 11.9. The van der Waals surface area contributed by atoms with Gasteiger partial charge in [-0.05, 0) is 55.5 Å². The summed E-state index contributed by atoms with van der Waals surface area (Å²) in [5.74, 6) is 2.01. The maximum Gasteiger partial charge on any atom is 0.271 e. The zero-order chi connectivity index (χ0) is 23.8. The van der Waals surface area contributed by atoms with Gasteiger partial charge in [0.05, 0.1) is 18.7 Å². The van der Waals surface area contributed by atoms with Crippen LogP contribution in [0.5, 0.6) is 5.75 Å². The lowest BCUT2D eigenvalue weighted by molar-refractivity contribution is 0.0696. The third-order valence-corrected chi connectivity index (χ3v) is 6.95. The summed E-state index contributed by atoms with van der Waals surface area (Å²) in [6, 6.07) is 15.7. The van der Waals surface area contributed by atoms with Gasteiger partial charge in [-0.25, -0.2) is 4.98 Å². The predicted molar refractivity (Wildman–Crippen MR) is 128 cm³/mol. The maximum absolute atomic E-state index is 12.6. The molecule has 0 atom stereocenters. The second kappa shape index (κ2) is 8.74. The van der Waals surface area contributed by atoms with Crippen molar-refractivity contribution in [1.29, 1.82) is 0 Å². The van der Waals surface area contributed by atoms with E-state index in [0.717, 1.165) is 42.8 Å². The molecule has 2 aliphatic rings. The van der Waals surface area contributed by atoms with E-state index in [1.807, 2.05) is 36.4 Å². The van der Waals surface area contributed by atoms with E-state index in [1.54, 1.807) is 17.8 Å². The fraction of sp³-hybridized carbons (Fsp3) is 0.346. The fourth-order valence-corrected chi connectivity index (χ4v) is 4.71. The van der Waals surface area contributed by atoms with Gasteiger partial charge in [0.1, 0.15) is 11.4 Å². The summed E-state index contributed by atoms with van der Waals surface area (Å²) in [4.78, 5) is 17.1. The zero-order valence-electron chi connectivity index (χ0n) is 19.5. The molecule has 2 fully saturated rings. The lowest BCUT2D eigenvalue weighted by Gasteiger charge is -2.23. The highest BCUT2D eigenvalue weighted by atomic mass is 16.5. The van der Waals surface area contributed by atoms with Crippen molar-refractivity contribution >= 4 is 11.7 Å². The van der Waals surface area contributed by atoms with Gasteiger partial charge in [-0.3, -0.25) is 4.79 Å². The van der Waals surface area contributed by atoms with Gasteiger partial charge in [-0.15, -0.1) is 10.2 Å². The van der Waals surface area contributed by atoms with Gasteiger partial charge < -0.3 is 14.8 Å². The van der Waals surface area contributed by atoms with Gasteiger partial charge in [0.2, 0.25) is 0 Å². The quantitative estimate of drug-likeness (QED) is 0.462. The third kappa shape index (κ3) is 4.01. The molecule has 0 bridgehead atoms. The molecule has 2 aromatic heterocycles. The van der Waals surface area contributed by atoms with Crippen LogP contribution in [-0.4, -0.2) is 57.1 Å². The summed E-state index contributed by atoms with van der Waals surface area (Å²) < 4.78 is 12.4. The van der Waals surface area contributed by atoms with Crippen LogP contribution in [0.15, 0.2) is 54.7 Å². The highest BCUT2D eigenvalue weighted by Gasteiger charge is 2.50. The van der Waals surface area contributed by atoms with Crippen molar-refractivity contribution in [3.63, 3.8) is 0 Å². The number of aromatic nitrogens is 5. The lowest BCUT2D eigenvalue weighted by atomic mass is 9.95. The number of benzene rings is 2. The Labute approximate surface area is 202 Å². The number of amides is 1. The van der Waals surface area contributed by atoms with Crippen molar-refractivity contribution in [3.05, 3.63) is 71.7 Å². The van der Waals surface area contributed by atoms with Gasteiger partial charge in [-0.2, -0.15) is 9.61 Å². The first-order valence-electron chi connectivity index (χ1n) is 11.9. The molecule has 0 radical (unpaired) electrons. The monoisotopic (exact) mass is 470 g/mol. The molecule has 9 heteroatoms. The Bertz CT molecular complexity index is 1360. The number of rotatable bonds is 6. The van der Waals surface area contributed by atoms with Crippen molar-refractivity contribution in [3.8, 4) is 17.0 Å². The van der Waals surface area contributed by atoms with Crippen LogP contribution in [0.4, 0.5) is 0 Å². The smallest absolute Gasteiger partial charge is 0.271 e. The molecule has 0 unspecified atom stereocenters. The Balaban J connectivity index is 1.26. The molecule has 35 heavy (non-hydrogen) atoms. The maximum atomic E-state index is 12.6. The Morgan fingerprint density at radius 2 is 1.80 bits per heavy atom. The van der Waals surface area contributed by atoms with Crippen molar-refractivity contribution in [2.45, 2.75) is 37.1 Å². The highest BCUT2D eigenvalue weighted by molar-refractivity contribution is 5.94. The van der Waals surface area contributed by atoms with Crippen molar-refractivity contribution < 1.29 is 14.3 Å². The summed E-state index contributed by atoms with van der Waals surface area (Å²) in [5.41, 5.74) is 3.14. The van der Waals surface area contributed by atoms with Crippen molar-refractivity contribution in [2.75, 3.05) is 20.3 Å². The molecule has 2 aromatic carbocycles. The second-order valence-electron chi connectivity index (χ2n) is 9.13. The van der Waals surface area contributed by atoms with Crippen LogP contribution in [0.2, 0.25) is 0 Å². The van der Waals surface area contributed by atoms with Crippen molar-refractivity contribution in [1.82, 2.24) is 30.1 Å². The average molecular weight is 471 g/mol. The number of carbonyl (C=O) groups excluding carboxylic acids is 1. The van der Waals surface area contributed by atoms with Gasteiger partial charge in [-0.1, -0.05) is 24.3 Å². The van der Waals surface area contributed by atoms with E-state index in [9.17, 15) is 4.79 Å². The molecule has 0 spiro atoms. The minimum Gasteiger partial charge on any atom is -0.497 e. The number of nitrogens with zero attached hydrogens (tertiary/aromatic N) is 5. The minimum atomic E-state index is -0.217. The summed E-state index contributed by atoms with van der Waals surface area (Å²) in [6.07, 6.45) is 5.33. The Morgan fingerprint density at radius 3 is 2.49 bits per heavy atom. The van der Waals surface area contributed by atoms with Crippen LogP contribution in [0, 0.1) is 0 Å². The molecule has 9 nitrogen and oxygen atoms in total. The van der Waals surface area contributed by atoms with E-state index in [1.165, 1.54) is 5.56 Å². The normalized spacial score (nSPS) is 17.3. The Kier molecular flexibility index (Phi) is 5.41. The molecule has 1 aliphatic heterocycles. The molecule has 1 saturated heterocycles. The van der Waals surface area contributed by atoms with Crippen LogP contribution in [0.1, 0.15) is 47.4 Å². The van der Waals surface area contributed by atoms with E-state index in [-0.39, 0.29) is 17.4 Å². The first-order chi connectivity index (χ1) is 17.2. The number of hydrogen-bond donors (Lipinski definition) is 1. The lowest BCUT2D eigenvalue weighted by Crippen LogP contribution is -2.38. The van der Waals surface area contributed by atoms with Crippen LogP contribution in [-0.2, 0) is 10.2 Å². The van der Waals surface area contributed by atoms with Gasteiger partial charge >= 0.3 is 0 Å². The predicted octanol–water partition coefficient (Wildman–Crippen LogP) is 3.18. The van der Waals surface area contributed by atoms with Gasteiger partial charge in [0, 0.05) is 30.4 Å². The number of nitrogens with one attached hydrogen (secondary N) is 1. The van der Waals surface area contributed by atoms with Crippen LogP contribution >= 0.6 is 0 Å². The van der Waals surface area contributed by atoms with E-state index < -0.39 is 0 Å². The topological polar surface area (TPSA) is 104 Å². The summed E-state index contributed by atoms with van der Waals surface area (Å²) in [6.45, 7) is 1.38. The molecule has 4 aromatic rings. The molecular formula is C26H26N6O3. The largest absolute Gasteiger partial charge is 0.497 e. The standard InChI is InChI=1S/C26H26N6O3/c1-34-21-8-6-19(7-9-21)26(12-13-26)24-29-30-25-27-16-22(31-32(24)25)17-2-4-18(5-3-17)23(33)28-20-10-14-35-15-11-20/h2-9,16,20H,10-15H2,1H3,(H,28,33). The summed E-state index contributed by atoms with van der Waals surface area (Å²) in [7, 11) is 1.66. The van der Waals surface area contributed by atoms with Crippen LogP contribution in [0.3, 0.4) is 0 Å². The second-order valence-corrected chi connectivity index (χ2v) is 9.13. The summed E-state index contributed by atoms with van der Waals surface area (Å²) in [5, 5.41) is 16.7. The van der Waals surface area contributed by atoms with Gasteiger partial charge in [0.25, 0.3) is 11.7 Å². The molecule has 178 valence electrons. The zero-order valence-corrected chi connectivity index (χ0v) is 19.5. The van der Waals surface area contributed by atoms with Crippen LogP contribution < -0.4 is 10.1 Å². The van der Waals surface area contributed by atoms with Crippen molar-refractivity contribution in [2.24, 2.45) is 0 Å². The Hall–Kier alpha value is -3.85. The first kappa shape index (κ1) is 21.7. The highest BCUT2D eigenvalue weighted by Crippen LogP contribution is 2.52. The number of fused-ring (bicyclic) bond motifs is 1. The molecule has 6 rings (SSSR count). The SMILES string of the molecule is COc1ccc(C2(c3nnc4ncc(-c5ccc(C(=O)NC6CCOCC6)cc5)nn34)CC2)cc1. The molecular weight excluding hydrogens is 444 g/mol. The third-order valence-electron chi connectivity index (χ3n) is 6.95. The number of methoxy groups -OCH3 is 1. The molecule has 3 heterocycles. The summed E-state index contributed by atoms with van der Waals surface area (Å²) >= 11 is 0. The van der Waals surface area contributed by atoms with Gasteiger partial charge in [0.15, 0.2) is 5.82 Å². The fourth-order valence-electron chi connectivity index (χ4n) is 4.71. The van der Waals surface area contributed by atoms with E-state index in [2.05, 4.69) is 32.6 Å². The molecule has 1 N–H and O–H groups in total. The van der Waals surface area contributed by atoms with E-state index in [4.69, 9.17) is 14.6 Å². The Morgan fingerprint density at radius 1 is 1.06 bits per heavy atom. The number of carbonyl (C=O) groups is 1.